The third kappa shape index (κ3) is 18.3. The van der Waals surface area contributed by atoms with E-state index in [4.69, 9.17) is 4.74 Å². The zero-order chi connectivity index (χ0) is 17.9. The minimum atomic E-state index is 0.805. The fourth-order valence-electron chi connectivity index (χ4n) is 3.21. The first-order chi connectivity index (χ1) is 11.8. The maximum atomic E-state index is 6.12. The first kappa shape index (κ1) is 23.9. The van der Waals surface area contributed by atoms with E-state index in [-0.39, 0.29) is 0 Å². The van der Waals surface area contributed by atoms with E-state index in [9.17, 15) is 0 Å². The lowest BCUT2D eigenvalue weighted by Gasteiger charge is -2.20. The van der Waals surface area contributed by atoms with Gasteiger partial charge in [0.15, 0.2) is 0 Å². The van der Waals surface area contributed by atoms with Gasteiger partial charge in [-0.1, -0.05) is 79.1 Å². The van der Waals surface area contributed by atoms with Crippen LogP contribution in [0.2, 0.25) is 0 Å². The van der Waals surface area contributed by atoms with Crippen LogP contribution in [0.4, 0.5) is 0 Å². The van der Waals surface area contributed by atoms with Crippen LogP contribution < -0.4 is 0 Å². The molecular formula is C22H46O2. The second-order valence-corrected chi connectivity index (χ2v) is 7.45. The molecule has 0 N–H and O–H groups in total. The first-order valence-corrected chi connectivity index (χ1v) is 10.9. The summed E-state index contributed by atoms with van der Waals surface area (Å²) in [6.07, 6.45) is 16.2. The van der Waals surface area contributed by atoms with E-state index < -0.39 is 0 Å². The van der Waals surface area contributed by atoms with Crippen molar-refractivity contribution in [3.8, 4) is 0 Å². The van der Waals surface area contributed by atoms with Crippen molar-refractivity contribution in [3.63, 3.8) is 0 Å². The third-order valence-electron chi connectivity index (χ3n) is 4.74. The lowest BCUT2D eigenvalue weighted by Crippen LogP contribution is -2.15. The zero-order valence-electron chi connectivity index (χ0n) is 17.3. The van der Waals surface area contributed by atoms with Gasteiger partial charge in [-0.05, 0) is 37.5 Å². The summed E-state index contributed by atoms with van der Waals surface area (Å²) in [6, 6.07) is 0. The van der Waals surface area contributed by atoms with Crippen molar-refractivity contribution in [1.82, 2.24) is 0 Å². The molecule has 0 aromatic carbocycles. The third-order valence-corrected chi connectivity index (χ3v) is 4.74. The summed E-state index contributed by atoms with van der Waals surface area (Å²) in [4.78, 5) is 0. The Morgan fingerprint density at radius 3 is 1.33 bits per heavy atom. The van der Waals surface area contributed by atoms with Crippen molar-refractivity contribution in [2.24, 2.45) is 11.8 Å². The second kappa shape index (κ2) is 19.2. The summed E-state index contributed by atoms with van der Waals surface area (Å²) in [5.41, 5.74) is 0. The summed E-state index contributed by atoms with van der Waals surface area (Å²) >= 11 is 0. The molecular weight excluding hydrogens is 296 g/mol. The summed E-state index contributed by atoms with van der Waals surface area (Å²) in [7, 11) is 0. The topological polar surface area (TPSA) is 21.8 Å². The molecule has 2 unspecified atom stereocenters. The maximum Gasteiger partial charge on any atom is 0.0701 e. The van der Waals surface area contributed by atoms with E-state index >= 15 is 0 Å². The molecule has 0 bridgehead atoms. The normalized spacial score (nSPS) is 15.5. The van der Waals surface area contributed by atoms with Crippen LogP contribution in [0.5, 0.6) is 0 Å². The van der Waals surface area contributed by atoms with Crippen molar-refractivity contribution in [1.29, 1.82) is 0 Å². The Hall–Kier alpha value is -0.0800. The molecule has 0 aliphatic carbocycles. The molecule has 1 heterocycles. The summed E-state index contributed by atoms with van der Waals surface area (Å²) in [5, 5.41) is 0. The summed E-state index contributed by atoms with van der Waals surface area (Å²) in [5.74, 6) is 1.61. The largest absolute Gasteiger partial charge is 0.381 e. The Morgan fingerprint density at radius 2 is 1.04 bits per heavy atom. The average Bonchev–Trinajstić information content (AvgIpc) is 3.44. The molecule has 1 saturated heterocycles. The van der Waals surface area contributed by atoms with Gasteiger partial charge in [-0.3, -0.25) is 0 Å². The standard InChI is InChI=1S/C20H42O.C2H4O/c1-5-9-11-15-19(13-7-3)17-21-18-20(14-8-4)16-12-10-6-2;1-2-3-1/h19-20H,5-18H2,1-4H3;1-2H2. The molecule has 0 aromatic rings. The molecule has 0 amide bonds. The SMILES string of the molecule is C1CO1.CCCCCC(CCC)COCC(CCC)CCCCC. The summed E-state index contributed by atoms with van der Waals surface area (Å²) in [6.45, 7) is 13.2. The average molecular weight is 343 g/mol. The molecule has 0 radical (unpaired) electrons. The number of hydrogen-bond acceptors (Lipinski definition) is 2. The van der Waals surface area contributed by atoms with Crippen LogP contribution in [0, 0.1) is 11.8 Å². The van der Waals surface area contributed by atoms with Crippen molar-refractivity contribution >= 4 is 0 Å². The highest BCUT2D eigenvalue weighted by molar-refractivity contribution is 4.62. The predicted octanol–water partition coefficient (Wildman–Crippen LogP) is 7.01. The highest BCUT2D eigenvalue weighted by Crippen LogP contribution is 2.19. The van der Waals surface area contributed by atoms with Crippen LogP contribution in [0.3, 0.4) is 0 Å². The van der Waals surface area contributed by atoms with Gasteiger partial charge in [0.25, 0.3) is 0 Å². The number of ether oxygens (including phenoxy) is 2. The molecule has 146 valence electrons. The Balaban J connectivity index is 0.00000157. The van der Waals surface area contributed by atoms with Crippen molar-refractivity contribution < 1.29 is 9.47 Å². The Morgan fingerprint density at radius 1 is 0.625 bits per heavy atom. The Kier molecular flexibility index (Phi) is 19.2. The van der Waals surface area contributed by atoms with Crippen LogP contribution in [0.25, 0.3) is 0 Å². The molecule has 0 spiro atoms. The summed E-state index contributed by atoms with van der Waals surface area (Å²) < 4.78 is 10.6. The monoisotopic (exact) mass is 342 g/mol. The molecule has 1 fully saturated rings. The van der Waals surface area contributed by atoms with Crippen LogP contribution in [-0.4, -0.2) is 26.4 Å². The van der Waals surface area contributed by atoms with Gasteiger partial charge in [-0.15, -0.1) is 0 Å². The van der Waals surface area contributed by atoms with Gasteiger partial charge in [0, 0.05) is 13.2 Å². The van der Waals surface area contributed by atoms with E-state index in [0.29, 0.717) is 0 Å². The van der Waals surface area contributed by atoms with E-state index in [1.807, 2.05) is 0 Å². The molecule has 1 aliphatic rings. The van der Waals surface area contributed by atoms with Crippen molar-refractivity contribution in [2.45, 2.75) is 105 Å². The van der Waals surface area contributed by atoms with Gasteiger partial charge in [-0.2, -0.15) is 0 Å². The quantitative estimate of drug-likeness (QED) is 0.222. The van der Waals surface area contributed by atoms with Crippen molar-refractivity contribution in [3.05, 3.63) is 0 Å². The minimum Gasteiger partial charge on any atom is -0.381 e. The van der Waals surface area contributed by atoms with Gasteiger partial charge in [0.05, 0.1) is 13.2 Å². The highest BCUT2D eigenvalue weighted by atomic mass is 16.6. The Labute approximate surface area is 153 Å². The van der Waals surface area contributed by atoms with Gasteiger partial charge in [-0.25, -0.2) is 0 Å². The maximum absolute atomic E-state index is 6.12. The second-order valence-electron chi connectivity index (χ2n) is 7.45. The fourth-order valence-corrected chi connectivity index (χ4v) is 3.21. The number of epoxide rings is 1. The van der Waals surface area contributed by atoms with Gasteiger partial charge in [0.1, 0.15) is 0 Å². The zero-order valence-corrected chi connectivity index (χ0v) is 17.3. The predicted molar refractivity (Wildman–Crippen MR) is 107 cm³/mol. The van der Waals surface area contributed by atoms with E-state index in [2.05, 4.69) is 32.4 Å². The lowest BCUT2D eigenvalue weighted by molar-refractivity contribution is 0.0598. The van der Waals surface area contributed by atoms with E-state index in [1.165, 1.54) is 77.0 Å². The number of hydrogen-bond donors (Lipinski definition) is 0. The molecule has 0 aromatic heterocycles. The fraction of sp³-hybridized carbons (Fsp3) is 1.00. The van der Waals surface area contributed by atoms with Crippen LogP contribution in [0.1, 0.15) is 105 Å². The van der Waals surface area contributed by atoms with Gasteiger partial charge >= 0.3 is 0 Å². The molecule has 2 atom stereocenters. The molecule has 2 nitrogen and oxygen atoms in total. The molecule has 2 heteroatoms. The lowest BCUT2D eigenvalue weighted by atomic mass is 9.96. The molecule has 1 rings (SSSR count). The molecule has 1 aliphatic heterocycles. The smallest absolute Gasteiger partial charge is 0.0701 e. The van der Waals surface area contributed by atoms with Crippen LogP contribution >= 0.6 is 0 Å². The minimum absolute atomic E-state index is 0.805. The molecule has 24 heavy (non-hydrogen) atoms. The van der Waals surface area contributed by atoms with Gasteiger partial charge in [0.2, 0.25) is 0 Å². The number of unbranched alkanes of at least 4 members (excludes halogenated alkanes) is 4. The van der Waals surface area contributed by atoms with Crippen LogP contribution in [-0.2, 0) is 9.47 Å². The highest BCUT2D eigenvalue weighted by Gasteiger charge is 2.11. The van der Waals surface area contributed by atoms with Gasteiger partial charge < -0.3 is 9.47 Å². The molecule has 0 saturated carbocycles. The first-order valence-electron chi connectivity index (χ1n) is 10.9. The van der Waals surface area contributed by atoms with E-state index in [1.54, 1.807) is 0 Å². The van der Waals surface area contributed by atoms with Crippen molar-refractivity contribution in [2.75, 3.05) is 26.4 Å². The Bertz CT molecular complexity index is 205. The van der Waals surface area contributed by atoms with E-state index in [0.717, 1.165) is 38.3 Å². The number of rotatable bonds is 16. The van der Waals surface area contributed by atoms with Crippen LogP contribution in [0.15, 0.2) is 0 Å².